The molecule has 100 valence electrons. The predicted molar refractivity (Wildman–Crippen MR) is 77.4 cm³/mol. The van der Waals surface area contributed by atoms with E-state index in [0.717, 1.165) is 11.1 Å². The summed E-state index contributed by atoms with van der Waals surface area (Å²) in [6, 6.07) is 6.98. The maximum atomic E-state index is 6.04. The number of nitrogens with zero attached hydrogens (tertiary/aromatic N) is 3. The highest BCUT2D eigenvalue weighted by molar-refractivity contribution is 6.42. The average Bonchev–Trinajstić information content (AvgIpc) is 2.85. The maximum absolute atomic E-state index is 6.04. The lowest BCUT2D eigenvalue weighted by atomic mass is 10.0. The minimum atomic E-state index is 0.204. The molecule has 3 aromatic rings. The monoisotopic (exact) mass is 306 g/mol. The van der Waals surface area contributed by atoms with Gasteiger partial charge in [0.1, 0.15) is 5.69 Å². The highest BCUT2D eigenvalue weighted by atomic mass is 35.5. The number of hydrogen-bond donors (Lipinski definition) is 1. The number of rotatable bonds is 2. The zero-order chi connectivity index (χ0) is 14.1. The Morgan fingerprint density at radius 3 is 2.55 bits per heavy atom. The highest BCUT2D eigenvalue weighted by Gasteiger charge is 2.18. The van der Waals surface area contributed by atoms with Crippen molar-refractivity contribution in [3.63, 3.8) is 0 Å². The number of nitrogens with two attached hydrogens (primary N) is 1. The molecule has 0 aliphatic rings. The molecule has 0 aliphatic carbocycles. The molecular weight excluding hydrogens is 299 g/mol. The molecule has 20 heavy (non-hydrogen) atoms. The van der Waals surface area contributed by atoms with Crippen LogP contribution in [0.3, 0.4) is 0 Å². The molecule has 0 fully saturated rings. The summed E-state index contributed by atoms with van der Waals surface area (Å²) in [6.45, 7) is 0. The molecule has 0 atom stereocenters. The van der Waals surface area contributed by atoms with E-state index in [0.29, 0.717) is 21.3 Å². The molecule has 2 heterocycles. The van der Waals surface area contributed by atoms with Crippen LogP contribution in [0.1, 0.15) is 0 Å². The van der Waals surface area contributed by atoms with Crippen LogP contribution in [-0.4, -0.2) is 15.4 Å². The van der Waals surface area contributed by atoms with Gasteiger partial charge >= 0.3 is 0 Å². The standard InChI is InChI=1S/C13H8Cl2N4O/c14-9-2-1-7(5-10(9)15)11-12(19-20-13(11)16)8-3-4-17-18-6-8/h1-6H,16H2. The fourth-order valence-corrected chi connectivity index (χ4v) is 2.16. The van der Waals surface area contributed by atoms with Crippen molar-refractivity contribution in [3.05, 3.63) is 46.7 Å². The van der Waals surface area contributed by atoms with Crippen LogP contribution in [0.4, 0.5) is 5.88 Å². The summed E-state index contributed by atoms with van der Waals surface area (Å²) in [5, 5.41) is 12.4. The zero-order valence-corrected chi connectivity index (χ0v) is 11.6. The van der Waals surface area contributed by atoms with Gasteiger partial charge in [0.2, 0.25) is 5.88 Å². The summed E-state index contributed by atoms with van der Waals surface area (Å²) in [4.78, 5) is 0. The van der Waals surface area contributed by atoms with Gasteiger partial charge in [-0.25, -0.2) is 0 Å². The van der Waals surface area contributed by atoms with Crippen LogP contribution < -0.4 is 5.73 Å². The Labute approximate surface area is 124 Å². The molecule has 0 saturated carbocycles. The van der Waals surface area contributed by atoms with E-state index < -0.39 is 0 Å². The lowest BCUT2D eigenvalue weighted by Crippen LogP contribution is -1.89. The molecule has 0 radical (unpaired) electrons. The third-order valence-electron chi connectivity index (χ3n) is 2.78. The summed E-state index contributed by atoms with van der Waals surface area (Å²) in [6.07, 6.45) is 3.15. The lowest BCUT2D eigenvalue weighted by Gasteiger charge is -2.04. The van der Waals surface area contributed by atoms with Crippen LogP contribution in [-0.2, 0) is 0 Å². The molecule has 0 bridgehead atoms. The number of aromatic nitrogens is 3. The van der Waals surface area contributed by atoms with Crippen molar-refractivity contribution >= 4 is 29.1 Å². The SMILES string of the molecule is Nc1onc(-c2ccnnc2)c1-c1ccc(Cl)c(Cl)c1. The van der Waals surface area contributed by atoms with Gasteiger partial charge in [0.05, 0.1) is 28.0 Å². The maximum Gasteiger partial charge on any atom is 0.230 e. The van der Waals surface area contributed by atoms with E-state index in [-0.39, 0.29) is 5.88 Å². The minimum absolute atomic E-state index is 0.204. The van der Waals surface area contributed by atoms with E-state index >= 15 is 0 Å². The van der Waals surface area contributed by atoms with Gasteiger partial charge in [-0.05, 0) is 23.8 Å². The number of anilines is 1. The molecule has 0 amide bonds. The number of benzene rings is 1. The van der Waals surface area contributed by atoms with Crippen LogP contribution in [0, 0.1) is 0 Å². The van der Waals surface area contributed by atoms with Crippen molar-refractivity contribution in [2.45, 2.75) is 0 Å². The first-order chi connectivity index (χ1) is 9.66. The molecule has 0 unspecified atom stereocenters. The summed E-state index contributed by atoms with van der Waals surface area (Å²) in [7, 11) is 0. The molecule has 0 saturated heterocycles. The Balaban J connectivity index is 2.19. The van der Waals surface area contributed by atoms with Crippen LogP contribution in [0.5, 0.6) is 0 Å². The van der Waals surface area contributed by atoms with Crippen molar-refractivity contribution in [3.8, 4) is 22.4 Å². The van der Waals surface area contributed by atoms with E-state index in [1.54, 1.807) is 36.7 Å². The van der Waals surface area contributed by atoms with E-state index in [1.165, 1.54) is 0 Å². The van der Waals surface area contributed by atoms with Gasteiger partial charge in [-0.1, -0.05) is 34.4 Å². The lowest BCUT2D eigenvalue weighted by molar-refractivity contribution is 0.439. The molecule has 0 spiro atoms. The Morgan fingerprint density at radius 2 is 1.85 bits per heavy atom. The molecule has 3 rings (SSSR count). The van der Waals surface area contributed by atoms with Gasteiger partial charge in [-0.15, -0.1) is 0 Å². The quantitative estimate of drug-likeness (QED) is 0.781. The Kier molecular flexibility index (Phi) is 3.30. The van der Waals surface area contributed by atoms with E-state index in [2.05, 4.69) is 15.4 Å². The van der Waals surface area contributed by atoms with Gasteiger partial charge in [0.15, 0.2) is 0 Å². The first kappa shape index (κ1) is 12.9. The summed E-state index contributed by atoms with van der Waals surface area (Å²) in [5.74, 6) is 0.204. The molecular formula is C13H8Cl2N4O. The van der Waals surface area contributed by atoms with Crippen LogP contribution >= 0.6 is 23.2 Å². The molecule has 1 aromatic carbocycles. The molecule has 2 N–H and O–H groups in total. The topological polar surface area (TPSA) is 77.8 Å². The van der Waals surface area contributed by atoms with Crippen molar-refractivity contribution < 1.29 is 4.52 Å². The number of nitrogen functional groups attached to an aromatic ring is 1. The Bertz CT molecular complexity index is 758. The predicted octanol–water partition coefficient (Wildman–Crippen LogP) is 3.69. The summed E-state index contributed by atoms with van der Waals surface area (Å²) < 4.78 is 5.08. The van der Waals surface area contributed by atoms with Gasteiger partial charge in [-0.2, -0.15) is 10.2 Å². The van der Waals surface area contributed by atoms with E-state index in [1.807, 2.05) is 0 Å². The minimum Gasteiger partial charge on any atom is -0.367 e. The number of hydrogen-bond acceptors (Lipinski definition) is 5. The second-order valence-corrected chi connectivity index (χ2v) is 4.84. The van der Waals surface area contributed by atoms with Crippen molar-refractivity contribution in [1.29, 1.82) is 0 Å². The molecule has 7 heteroatoms. The van der Waals surface area contributed by atoms with Crippen LogP contribution in [0.25, 0.3) is 22.4 Å². The first-order valence-electron chi connectivity index (χ1n) is 5.64. The van der Waals surface area contributed by atoms with Crippen LogP contribution in [0.2, 0.25) is 10.0 Å². The Morgan fingerprint density at radius 1 is 1.00 bits per heavy atom. The van der Waals surface area contributed by atoms with E-state index in [4.69, 9.17) is 33.5 Å². The highest BCUT2D eigenvalue weighted by Crippen LogP contribution is 2.38. The summed E-state index contributed by atoms with van der Waals surface area (Å²) >= 11 is 12.0. The molecule has 2 aromatic heterocycles. The smallest absolute Gasteiger partial charge is 0.230 e. The normalized spacial score (nSPS) is 10.7. The summed E-state index contributed by atoms with van der Waals surface area (Å²) in [5.41, 5.74) is 8.61. The Hall–Kier alpha value is -2.11. The van der Waals surface area contributed by atoms with Crippen molar-refractivity contribution in [2.24, 2.45) is 0 Å². The van der Waals surface area contributed by atoms with Crippen molar-refractivity contribution in [2.75, 3.05) is 5.73 Å². The number of halogens is 2. The largest absolute Gasteiger partial charge is 0.367 e. The molecule has 0 aliphatic heterocycles. The van der Waals surface area contributed by atoms with Crippen molar-refractivity contribution in [1.82, 2.24) is 15.4 Å². The van der Waals surface area contributed by atoms with Crippen LogP contribution in [0.15, 0.2) is 41.2 Å². The van der Waals surface area contributed by atoms with Gasteiger partial charge < -0.3 is 10.3 Å². The van der Waals surface area contributed by atoms with Gasteiger partial charge in [-0.3, -0.25) is 0 Å². The van der Waals surface area contributed by atoms with Gasteiger partial charge in [0, 0.05) is 5.56 Å². The third-order valence-corrected chi connectivity index (χ3v) is 3.52. The molecule has 5 nitrogen and oxygen atoms in total. The first-order valence-corrected chi connectivity index (χ1v) is 6.40. The third kappa shape index (κ3) is 2.21. The average molecular weight is 307 g/mol. The van der Waals surface area contributed by atoms with Gasteiger partial charge in [0.25, 0.3) is 0 Å². The fourth-order valence-electron chi connectivity index (χ4n) is 1.86. The van der Waals surface area contributed by atoms with E-state index in [9.17, 15) is 0 Å². The zero-order valence-electron chi connectivity index (χ0n) is 10.0. The second kappa shape index (κ2) is 5.11. The second-order valence-electron chi connectivity index (χ2n) is 4.03. The fraction of sp³-hybridized carbons (Fsp3) is 0.